The fourth-order valence-electron chi connectivity index (χ4n) is 3.84. The Labute approximate surface area is 154 Å². The number of benzene rings is 1. The van der Waals surface area contributed by atoms with Gasteiger partial charge in [-0.05, 0) is 56.0 Å². The van der Waals surface area contributed by atoms with Crippen molar-refractivity contribution in [2.24, 2.45) is 11.7 Å². The summed E-state index contributed by atoms with van der Waals surface area (Å²) in [6.07, 6.45) is 2.33. The Morgan fingerprint density at radius 2 is 1.62 bits per heavy atom. The number of piperidine rings is 1. The minimum absolute atomic E-state index is 0.393. The average molecular weight is 360 g/mol. The molecule has 2 amide bonds. The fourth-order valence-corrected chi connectivity index (χ4v) is 3.84. The van der Waals surface area contributed by atoms with Crippen LogP contribution >= 0.6 is 0 Å². The highest BCUT2D eigenvalue weighted by atomic mass is 16.4. The van der Waals surface area contributed by atoms with Crippen LogP contribution in [0.1, 0.15) is 29.6 Å². The first kappa shape index (κ1) is 18.5. The Balaban J connectivity index is 1.39. The lowest BCUT2D eigenvalue weighted by Crippen LogP contribution is -2.47. The van der Waals surface area contributed by atoms with Gasteiger partial charge in [0, 0.05) is 50.5 Å². The lowest BCUT2D eigenvalue weighted by molar-refractivity contribution is 0.1000. The van der Waals surface area contributed by atoms with E-state index >= 15 is 0 Å². The third-order valence-electron chi connectivity index (χ3n) is 5.63. The normalized spacial score (nSPS) is 19.5. The molecule has 0 spiro atoms. The largest absolute Gasteiger partial charge is 0.465 e. The van der Waals surface area contributed by atoms with Gasteiger partial charge in [0.1, 0.15) is 0 Å². The Morgan fingerprint density at radius 3 is 2.15 bits per heavy atom. The summed E-state index contributed by atoms with van der Waals surface area (Å²) >= 11 is 0. The first-order valence-electron chi connectivity index (χ1n) is 9.38. The summed E-state index contributed by atoms with van der Waals surface area (Å²) in [4.78, 5) is 28.5. The third kappa shape index (κ3) is 4.66. The van der Waals surface area contributed by atoms with Crippen molar-refractivity contribution < 1.29 is 14.7 Å². The number of primary amides is 1. The van der Waals surface area contributed by atoms with Crippen LogP contribution in [0.5, 0.6) is 0 Å². The number of nitrogens with zero attached hydrogens (tertiary/aromatic N) is 3. The topological polar surface area (TPSA) is 90.1 Å². The number of carbonyl (C=O) groups excluding carboxylic acids is 1. The van der Waals surface area contributed by atoms with E-state index in [1.54, 1.807) is 12.1 Å². The van der Waals surface area contributed by atoms with Crippen molar-refractivity contribution in [3.8, 4) is 0 Å². The van der Waals surface area contributed by atoms with Crippen LogP contribution < -0.4 is 10.6 Å². The molecule has 2 saturated heterocycles. The standard InChI is InChI=1S/C19H28N4O3/c20-18(24)16-1-3-17(4-2-16)22-13-11-21(12-14-22)8-5-15-6-9-23(10-7-15)19(25)26/h1-4,15H,5-14H2,(H2,20,24)(H,25,26). The summed E-state index contributed by atoms with van der Waals surface area (Å²) in [7, 11) is 0. The minimum atomic E-state index is -0.788. The fraction of sp³-hybridized carbons (Fsp3) is 0.579. The SMILES string of the molecule is NC(=O)c1ccc(N2CCN(CCC3CCN(C(=O)O)CC3)CC2)cc1. The molecule has 0 radical (unpaired) electrons. The lowest BCUT2D eigenvalue weighted by atomic mass is 9.93. The van der Waals surface area contributed by atoms with E-state index in [1.165, 1.54) is 4.90 Å². The van der Waals surface area contributed by atoms with Crippen molar-refractivity contribution in [1.29, 1.82) is 0 Å². The smallest absolute Gasteiger partial charge is 0.407 e. The van der Waals surface area contributed by atoms with Gasteiger partial charge in [-0.25, -0.2) is 4.79 Å². The van der Waals surface area contributed by atoms with Crippen LogP contribution in [0.2, 0.25) is 0 Å². The van der Waals surface area contributed by atoms with Gasteiger partial charge in [0.2, 0.25) is 5.91 Å². The molecule has 2 heterocycles. The maximum Gasteiger partial charge on any atom is 0.407 e. The lowest BCUT2D eigenvalue weighted by Gasteiger charge is -2.37. The van der Waals surface area contributed by atoms with E-state index < -0.39 is 12.0 Å². The van der Waals surface area contributed by atoms with E-state index in [2.05, 4.69) is 9.80 Å². The maximum absolute atomic E-state index is 11.2. The number of rotatable bonds is 5. The molecule has 2 aliphatic rings. The van der Waals surface area contributed by atoms with Gasteiger partial charge in [0.15, 0.2) is 0 Å². The zero-order chi connectivity index (χ0) is 18.5. The van der Waals surface area contributed by atoms with Gasteiger partial charge in [-0.1, -0.05) is 0 Å². The van der Waals surface area contributed by atoms with Crippen molar-refractivity contribution in [2.75, 3.05) is 50.7 Å². The van der Waals surface area contributed by atoms with E-state index in [4.69, 9.17) is 10.8 Å². The summed E-state index contributed by atoms with van der Waals surface area (Å²) in [5.41, 5.74) is 6.96. The molecule has 0 atom stereocenters. The van der Waals surface area contributed by atoms with E-state index in [0.717, 1.165) is 57.7 Å². The molecule has 2 aliphatic heterocycles. The number of amides is 2. The van der Waals surface area contributed by atoms with Crippen molar-refractivity contribution in [3.05, 3.63) is 29.8 Å². The number of anilines is 1. The molecule has 1 aromatic carbocycles. The molecule has 0 saturated carbocycles. The van der Waals surface area contributed by atoms with E-state index in [-0.39, 0.29) is 0 Å². The van der Waals surface area contributed by atoms with E-state index in [9.17, 15) is 9.59 Å². The van der Waals surface area contributed by atoms with Crippen LogP contribution in [0.15, 0.2) is 24.3 Å². The van der Waals surface area contributed by atoms with Crippen LogP contribution in [-0.2, 0) is 0 Å². The Morgan fingerprint density at radius 1 is 1.00 bits per heavy atom. The predicted octanol–water partition coefficient (Wildman–Crippen LogP) is 1.69. The molecule has 2 fully saturated rings. The summed E-state index contributed by atoms with van der Waals surface area (Å²) in [5, 5.41) is 9.01. The van der Waals surface area contributed by atoms with Gasteiger partial charge in [-0.3, -0.25) is 9.69 Å². The molecule has 7 heteroatoms. The molecular formula is C19H28N4O3. The molecule has 1 aromatic rings. The number of hydrogen-bond acceptors (Lipinski definition) is 4. The molecule has 0 unspecified atom stereocenters. The van der Waals surface area contributed by atoms with Gasteiger partial charge >= 0.3 is 6.09 Å². The Hall–Kier alpha value is -2.28. The zero-order valence-electron chi connectivity index (χ0n) is 15.1. The van der Waals surface area contributed by atoms with E-state index in [1.807, 2.05) is 12.1 Å². The number of nitrogens with two attached hydrogens (primary N) is 1. The number of likely N-dealkylation sites (tertiary alicyclic amines) is 1. The van der Waals surface area contributed by atoms with Crippen LogP contribution in [0.25, 0.3) is 0 Å². The quantitative estimate of drug-likeness (QED) is 0.834. The summed E-state index contributed by atoms with van der Waals surface area (Å²) in [6.45, 7) is 6.47. The van der Waals surface area contributed by atoms with Gasteiger partial charge in [0.05, 0.1) is 0 Å². The maximum atomic E-state index is 11.2. The van der Waals surface area contributed by atoms with Crippen LogP contribution in [0, 0.1) is 5.92 Å². The van der Waals surface area contributed by atoms with Crippen molar-refractivity contribution in [2.45, 2.75) is 19.3 Å². The van der Waals surface area contributed by atoms with Gasteiger partial charge in [-0.2, -0.15) is 0 Å². The molecular weight excluding hydrogens is 332 g/mol. The Kier molecular flexibility index (Phi) is 5.98. The van der Waals surface area contributed by atoms with Crippen molar-refractivity contribution in [3.63, 3.8) is 0 Å². The molecule has 26 heavy (non-hydrogen) atoms. The monoisotopic (exact) mass is 360 g/mol. The zero-order valence-corrected chi connectivity index (χ0v) is 15.1. The minimum Gasteiger partial charge on any atom is -0.465 e. The van der Waals surface area contributed by atoms with Gasteiger partial charge < -0.3 is 20.6 Å². The highest BCUT2D eigenvalue weighted by Crippen LogP contribution is 2.22. The average Bonchev–Trinajstić information content (AvgIpc) is 2.67. The number of carbonyl (C=O) groups is 2. The van der Waals surface area contributed by atoms with Crippen LogP contribution in [0.3, 0.4) is 0 Å². The molecule has 7 nitrogen and oxygen atoms in total. The second kappa shape index (κ2) is 8.40. The first-order valence-corrected chi connectivity index (χ1v) is 9.38. The van der Waals surface area contributed by atoms with Gasteiger partial charge in [-0.15, -0.1) is 0 Å². The van der Waals surface area contributed by atoms with Crippen molar-refractivity contribution in [1.82, 2.24) is 9.80 Å². The molecule has 0 bridgehead atoms. The second-order valence-corrected chi connectivity index (χ2v) is 7.24. The molecule has 0 aliphatic carbocycles. The molecule has 142 valence electrons. The summed E-state index contributed by atoms with van der Waals surface area (Å²) < 4.78 is 0. The Bertz CT molecular complexity index is 618. The van der Waals surface area contributed by atoms with Crippen LogP contribution in [0.4, 0.5) is 10.5 Å². The second-order valence-electron chi connectivity index (χ2n) is 7.24. The number of piperazine rings is 1. The summed E-state index contributed by atoms with van der Waals surface area (Å²) in [5.74, 6) is 0.250. The summed E-state index contributed by atoms with van der Waals surface area (Å²) in [6, 6.07) is 7.50. The van der Waals surface area contributed by atoms with E-state index in [0.29, 0.717) is 24.6 Å². The molecule has 3 N–H and O–H groups in total. The highest BCUT2D eigenvalue weighted by Gasteiger charge is 2.23. The number of hydrogen-bond donors (Lipinski definition) is 2. The predicted molar refractivity (Wildman–Crippen MR) is 101 cm³/mol. The number of carboxylic acid groups (broad SMARTS) is 1. The molecule has 3 rings (SSSR count). The molecule has 0 aromatic heterocycles. The van der Waals surface area contributed by atoms with Gasteiger partial charge in [0.25, 0.3) is 0 Å². The van der Waals surface area contributed by atoms with Crippen LogP contribution in [-0.4, -0.2) is 72.7 Å². The highest BCUT2D eigenvalue weighted by molar-refractivity contribution is 5.93. The van der Waals surface area contributed by atoms with Crippen molar-refractivity contribution >= 4 is 17.7 Å². The third-order valence-corrected chi connectivity index (χ3v) is 5.63. The first-order chi connectivity index (χ1) is 12.5.